The number of anilines is 1. The van der Waals surface area contributed by atoms with E-state index >= 15 is 0 Å². The van der Waals surface area contributed by atoms with Crippen LogP contribution in [0.3, 0.4) is 0 Å². The van der Waals surface area contributed by atoms with Crippen LogP contribution in [0.4, 0.5) is 11.6 Å². The molecular weight excluding hydrogens is 250 g/mol. The predicted molar refractivity (Wildman–Crippen MR) is 67.1 cm³/mol. The summed E-state index contributed by atoms with van der Waals surface area (Å²) >= 11 is 0. The molecule has 0 radical (unpaired) electrons. The van der Waals surface area contributed by atoms with Crippen molar-refractivity contribution in [3.63, 3.8) is 0 Å². The van der Waals surface area contributed by atoms with E-state index in [2.05, 4.69) is 10.1 Å². The van der Waals surface area contributed by atoms with Gasteiger partial charge in [-0.15, -0.1) is 0 Å². The number of nitrogens with zero attached hydrogens (tertiary/aromatic N) is 5. The average Bonchev–Trinajstić information content (AvgIpc) is 3.14. The van der Waals surface area contributed by atoms with Gasteiger partial charge in [-0.05, 0) is 23.8 Å². The fourth-order valence-electron chi connectivity index (χ4n) is 2.11. The lowest BCUT2D eigenvalue weighted by atomic mass is 10.4. The second-order valence-electron chi connectivity index (χ2n) is 4.48. The standard InChI is InChI=1S/C11H13N5O3/c17-6-5-14(8-1-2-8)10-4-3-9-12-7-11(16(18)19)15(9)13-10/h3-4,7-8,17H,1-2,5-6H2. The molecular formula is C11H13N5O3. The fraction of sp³-hybridized carbons (Fsp3) is 0.455. The number of hydrogen-bond donors (Lipinski definition) is 1. The Kier molecular flexibility index (Phi) is 2.79. The SMILES string of the molecule is O=[N+]([O-])c1cnc2ccc(N(CCO)C3CC3)nn12. The molecule has 100 valence electrons. The van der Waals surface area contributed by atoms with Crippen molar-refractivity contribution in [2.45, 2.75) is 18.9 Å². The minimum Gasteiger partial charge on any atom is -0.395 e. The summed E-state index contributed by atoms with van der Waals surface area (Å²) in [6, 6.07) is 3.85. The van der Waals surface area contributed by atoms with Crippen LogP contribution in [0.15, 0.2) is 18.3 Å². The maximum Gasteiger partial charge on any atom is 0.368 e. The van der Waals surface area contributed by atoms with Crippen molar-refractivity contribution in [2.75, 3.05) is 18.1 Å². The zero-order chi connectivity index (χ0) is 13.4. The van der Waals surface area contributed by atoms with Crippen LogP contribution in [-0.2, 0) is 0 Å². The number of nitro groups is 1. The first kappa shape index (κ1) is 11.8. The molecule has 0 saturated heterocycles. The summed E-state index contributed by atoms with van der Waals surface area (Å²) < 4.78 is 1.22. The van der Waals surface area contributed by atoms with Crippen LogP contribution < -0.4 is 4.90 Å². The molecule has 0 amide bonds. The van der Waals surface area contributed by atoms with E-state index in [1.807, 2.05) is 4.90 Å². The van der Waals surface area contributed by atoms with Gasteiger partial charge in [0.2, 0.25) is 5.65 Å². The van der Waals surface area contributed by atoms with Gasteiger partial charge >= 0.3 is 5.82 Å². The molecule has 1 fully saturated rings. The molecule has 19 heavy (non-hydrogen) atoms. The summed E-state index contributed by atoms with van der Waals surface area (Å²) in [4.78, 5) is 16.3. The Morgan fingerprint density at radius 3 is 2.95 bits per heavy atom. The van der Waals surface area contributed by atoms with E-state index in [4.69, 9.17) is 5.11 Å². The smallest absolute Gasteiger partial charge is 0.368 e. The van der Waals surface area contributed by atoms with E-state index in [0.717, 1.165) is 12.8 Å². The van der Waals surface area contributed by atoms with Gasteiger partial charge in [0.05, 0.1) is 6.61 Å². The van der Waals surface area contributed by atoms with Gasteiger partial charge in [0, 0.05) is 18.7 Å². The van der Waals surface area contributed by atoms with Gasteiger partial charge in [0.15, 0.2) is 5.82 Å². The van der Waals surface area contributed by atoms with E-state index in [1.165, 1.54) is 10.7 Å². The number of aliphatic hydroxyl groups is 1. The van der Waals surface area contributed by atoms with E-state index in [0.29, 0.717) is 24.1 Å². The van der Waals surface area contributed by atoms with Gasteiger partial charge in [0.25, 0.3) is 0 Å². The quantitative estimate of drug-likeness (QED) is 0.626. The minimum absolute atomic E-state index is 0.0300. The second kappa shape index (κ2) is 4.47. The molecule has 1 saturated carbocycles. The van der Waals surface area contributed by atoms with Crippen LogP contribution in [0.2, 0.25) is 0 Å². The van der Waals surface area contributed by atoms with E-state index in [-0.39, 0.29) is 12.4 Å². The van der Waals surface area contributed by atoms with Crippen LogP contribution in [0, 0.1) is 10.1 Å². The lowest BCUT2D eigenvalue weighted by Crippen LogP contribution is -2.30. The first-order chi connectivity index (χ1) is 9.20. The van der Waals surface area contributed by atoms with Crippen LogP contribution in [0.5, 0.6) is 0 Å². The van der Waals surface area contributed by atoms with Crippen molar-refractivity contribution >= 4 is 17.3 Å². The molecule has 2 aromatic rings. The van der Waals surface area contributed by atoms with Crippen molar-refractivity contribution in [1.82, 2.24) is 14.6 Å². The molecule has 0 aliphatic heterocycles. The zero-order valence-electron chi connectivity index (χ0n) is 10.1. The van der Waals surface area contributed by atoms with Gasteiger partial charge < -0.3 is 20.1 Å². The number of aromatic nitrogens is 3. The highest BCUT2D eigenvalue weighted by Crippen LogP contribution is 2.30. The third-order valence-electron chi connectivity index (χ3n) is 3.14. The molecule has 1 N–H and O–H groups in total. The summed E-state index contributed by atoms with van der Waals surface area (Å²) in [5.41, 5.74) is 0.440. The van der Waals surface area contributed by atoms with Gasteiger partial charge in [-0.2, -0.15) is 0 Å². The predicted octanol–water partition coefficient (Wildman–Crippen LogP) is 0.599. The number of fused-ring (bicyclic) bond motifs is 1. The molecule has 1 aliphatic rings. The second-order valence-corrected chi connectivity index (χ2v) is 4.48. The number of rotatable bonds is 5. The Labute approximate surface area is 108 Å². The third-order valence-corrected chi connectivity index (χ3v) is 3.14. The van der Waals surface area contributed by atoms with E-state index < -0.39 is 4.92 Å². The van der Waals surface area contributed by atoms with Gasteiger partial charge in [-0.1, -0.05) is 9.61 Å². The maximum atomic E-state index is 10.9. The average molecular weight is 263 g/mol. The molecule has 3 rings (SSSR count). The number of imidazole rings is 1. The summed E-state index contributed by atoms with van der Waals surface area (Å²) in [6.45, 7) is 0.508. The van der Waals surface area contributed by atoms with E-state index in [1.54, 1.807) is 12.1 Å². The Bertz CT molecular complexity index is 622. The van der Waals surface area contributed by atoms with Crippen LogP contribution in [0.1, 0.15) is 12.8 Å². The van der Waals surface area contributed by atoms with Crippen molar-refractivity contribution < 1.29 is 10.0 Å². The van der Waals surface area contributed by atoms with Crippen molar-refractivity contribution in [2.24, 2.45) is 0 Å². The van der Waals surface area contributed by atoms with Crippen molar-refractivity contribution in [1.29, 1.82) is 0 Å². The topological polar surface area (TPSA) is 96.8 Å². The Balaban J connectivity index is 2.03. The van der Waals surface area contributed by atoms with Crippen molar-refractivity contribution in [3.05, 3.63) is 28.4 Å². The Morgan fingerprint density at radius 1 is 1.53 bits per heavy atom. The monoisotopic (exact) mass is 263 g/mol. The van der Waals surface area contributed by atoms with Gasteiger partial charge in [-0.25, -0.2) is 4.98 Å². The normalized spacial score (nSPS) is 14.8. The number of aliphatic hydroxyl groups excluding tert-OH is 1. The molecule has 0 aromatic carbocycles. The lowest BCUT2D eigenvalue weighted by molar-refractivity contribution is -0.391. The maximum absolute atomic E-state index is 10.9. The molecule has 2 aromatic heterocycles. The largest absolute Gasteiger partial charge is 0.395 e. The van der Waals surface area contributed by atoms with Crippen LogP contribution in [-0.4, -0.2) is 43.8 Å². The van der Waals surface area contributed by atoms with E-state index in [9.17, 15) is 10.1 Å². The first-order valence-corrected chi connectivity index (χ1v) is 6.07. The summed E-state index contributed by atoms with van der Waals surface area (Å²) in [5.74, 6) is 0.474. The summed E-state index contributed by atoms with van der Waals surface area (Å²) in [5, 5.41) is 24.2. The highest BCUT2D eigenvalue weighted by molar-refractivity contribution is 5.50. The Hall–Kier alpha value is -2.22. The van der Waals surface area contributed by atoms with Crippen LogP contribution >= 0.6 is 0 Å². The summed E-state index contributed by atoms with van der Waals surface area (Å²) in [7, 11) is 0. The highest BCUT2D eigenvalue weighted by Gasteiger charge is 2.30. The molecule has 0 atom stereocenters. The minimum atomic E-state index is -0.510. The molecule has 0 unspecified atom stereocenters. The molecule has 8 nitrogen and oxygen atoms in total. The zero-order valence-corrected chi connectivity index (χ0v) is 10.1. The van der Waals surface area contributed by atoms with Gasteiger partial charge in [0.1, 0.15) is 6.20 Å². The highest BCUT2D eigenvalue weighted by atomic mass is 16.6. The molecule has 0 spiro atoms. The Morgan fingerprint density at radius 2 is 2.32 bits per heavy atom. The summed E-state index contributed by atoms with van der Waals surface area (Å²) in [6.07, 6.45) is 3.32. The molecule has 8 heteroatoms. The fourth-order valence-corrected chi connectivity index (χ4v) is 2.11. The lowest BCUT2D eigenvalue weighted by Gasteiger charge is -2.20. The van der Waals surface area contributed by atoms with Crippen molar-refractivity contribution in [3.8, 4) is 0 Å². The number of hydrogen-bond acceptors (Lipinski definition) is 6. The molecule has 0 bridgehead atoms. The molecule has 2 heterocycles. The first-order valence-electron chi connectivity index (χ1n) is 6.07. The van der Waals surface area contributed by atoms with Gasteiger partial charge in [-0.3, -0.25) is 0 Å². The molecule has 1 aliphatic carbocycles. The third kappa shape index (κ3) is 2.10. The van der Waals surface area contributed by atoms with Crippen LogP contribution in [0.25, 0.3) is 5.65 Å².